The van der Waals surface area contributed by atoms with Crippen molar-refractivity contribution in [1.29, 1.82) is 0 Å². The molecule has 2 aliphatic rings. The zero-order valence-corrected chi connectivity index (χ0v) is 16.3. The van der Waals surface area contributed by atoms with E-state index in [-0.39, 0.29) is 18.5 Å². The minimum Gasteiger partial charge on any atom is -0.338 e. The van der Waals surface area contributed by atoms with Gasteiger partial charge in [0.25, 0.3) is 10.0 Å². The van der Waals surface area contributed by atoms with E-state index in [0.717, 1.165) is 43.1 Å². The SMILES string of the molecule is CCCN(C(=O)CN1c2cccc3cccc(c23)S1(=O)=O)C1CCNCC1. The van der Waals surface area contributed by atoms with E-state index in [0.29, 0.717) is 17.1 Å². The van der Waals surface area contributed by atoms with E-state index >= 15 is 0 Å². The summed E-state index contributed by atoms with van der Waals surface area (Å²) in [4.78, 5) is 15.3. The number of rotatable bonds is 5. The Hall–Kier alpha value is -2.12. The smallest absolute Gasteiger partial charge is 0.265 e. The lowest BCUT2D eigenvalue weighted by molar-refractivity contribution is -0.132. The molecule has 1 N–H and O–H groups in total. The molecule has 0 aromatic heterocycles. The molecule has 27 heavy (non-hydrogen) atoms. The highest BCUT2D eigenvalue weighted by atomic mass is 32.2. The Morgan fingerprint density at radius 1 is 1.19 bits per heavy atom. The number of hydrogen-bond donors (Lipinski definition) is 1. The van der Waals surface area contributed by atoms with E-state index in [2.05, 4.69) is 5.32 Å². The first kappa shape index (κ1) is 18.3. The molecule has 1 fully saturated rings. The molecule has 0 aliphatic carbocycles. The van der Waals surface area contributed by atoms with Crippen molar-refractivity contribution in [1.82, 2.24) is 10.2 Å². The molecule has 4 rings (SSSR count). The first-order chi connectivity index (χ1) is 13.0. The first-order valence-electron chi connectivity index (χ1n) is 9.58. The highest BCUT2D eigenvalue weighted by Crippen LogP contribution is 2.41. The van der Waals surface area contributed by atoms with Crippen LogP contribution in [0.25, 0.3) is 10.8 Å². The molecule has 0 spiro atoms. The summed E-state index contributed by atoms with van der Waals surface area (Å²) in [6.07, 6.45) is 2.68. The van der Waals surface area contributed by atoms with Crippen LogP contribution >= 0.6 is 0 Å². The maximum absolute atomic E-state index is 13.1. The quantitative estimate of drug-likeness (QED) is 0.855. The van der Waals surface area contributed by atoms with Crippen molar-refractivity contribution < 1.29 is 13.2 Å². The van der Waals surface area contributed by atoms with Gasteiger partial charge in [0.15, 0.2) is 0 Å². The molecule has 2 aliphatic heterocycles. The van der Waals surface area contributed by atoms with Crippen LogP contribution in [0.1, 0.15) is 26.2 Å². The molecule has 2 aromatic rings. The summed E-state index contributed by atoms with van der Waals surface area (Å²) in [6.45, 7) is 4.36. The third kappa shape index (κ3) is 3.08. The third-order valence-electron chi connectivity index (χ3n) is 5.49. The average molecular weight is 388 g/mol. The number of nitrogens with zero attached hydrogens (tertiary/aromatic N) is 2. The Balaban J connectivity index is 1.66. The van der Waals surface area contributed by atoms with Crippen LogP contribution in [0.5, 0.6) is 0 Å². The average Bonchev–Trinajstić information content (AvgIpc) is 2.90. The summed E-state index contributed by atoms with van der Waals surface area (Å²) in [6, 6.07) is 11.0. The van der Waals surface area contributed by atoms with Gasteiger partial charge in [-0.15, -0.1) is 0 Å². The number of nitrogens with one attached hydrogen (secondary N) is 1. The van der Waals surface area contributed by atoms with Crippen molar-refractivity contribution in [2.24, 2.45) is 0 Å². The van der Waals surface area contributed by atoms with Crippen LogP contribution in [-0.4, -0.2) is 51.4 Å². The Bertz CT molecular complexity index is 962. The molecule has 6 nitrogen and oxygen atoms in total. The first-order valence-corrected chi connectivity index (χ1v) is 11.0. The lowest BCUT2D eigenvalue weighted by Crippen LogP contribution is -2.50. The fourth-order valence-electron chi connectivity index (χ4n) is 4.21. The summed E-state index contributed by atoms with van der Waals surface area (Å²) in [7, 11) is -3.70. The molecule has 144 valence electrons. The second-order valence-corrected chi connectivity index (χ2v) is 9.04. The lowest BCUT2D eigenvalue weighted by Gasteiger charge is -2.35. The van der Waals surface area contributed by atoms with Crippen molar-refractivity contribution >= 4 is 32.4 Å². The van der Waals surface area contributed by atoms with E-state index in [4.69, 9.17) is 0 Å². The Labute approximate surface area is 160 Å². The zero-order chi connectivity index (χ0) is 19.0. The van der Waals surface area contributed by atoms with Gasteiger partial charge in [0, 0.05) is 18.0 Å². The fourth-order valence-corrected chi connectivity index (χ4v) is 5.87. The van der Waals surface area contributed by atoms with Gasteiger partial charge in [-0.25, -0.2) is 8.42 Å². The molecule has 0 unspecified atom stereocenters. The molecule has 2 aromatic carbocycles. The molecule has 0 bridgehead atoms. The third-order valence-corrected chi connectivity index (χ3v) is 7.30. The number of sulfonamides is 1. The standard InChI is InChI=1S/C20H25N3O3S/c1-2-13-22(16-9-11-21-12-10-16)19(24)14-23-17-7-3-5-15-6-4-8-18(20(15)17)27(23,25)26/h3-8,16,21H,2,9-14H2,1H3. The summed E-state index contributed by atoms with van der Waals surface area (Å²) in [5.41, 5.74) is 0.609. The number of carbonyl (C=O) groups is 1. The van der Waals surface area contributed by atoms with Gasteiger partial charge in [-0.05, 0) is 49.9 Å². The molecule has 0 atom stereocenters. The number of piperidine rings is 1. The zero-order valence-electron chi connectivity index (χ0n) is 15.5. The number of anilines is 1. The second kappa shape index (κ2) is 7.13. The van der Waals surface area contributed by atoms with Crippen LogP contribution in [0.4, 0.5) is 5.69 Å². The second-order valence-electron chi connectivity index (χ2n) is 7.21. The van der Waals surface area contributed by atoms with Crippen molar-refractivity contribution in [2.45, 2.75) is 37.1 Å². The van der Waals surface area contributed by atoms with Gasteiger partial charge in [0.1, 0.15) is 6.54 Å². The van der Waals surface area contributed by atoms with Crippen molar-refractivity contribution in [3.05, 3.63) is 36.4 Å². The van der Waals surface area contributed by atoms with Crippen LogP contribution < -0.4 is 9.62 Å². The molecule has 0 saturated carbocycles. The summed E-state index contributed by atoms with van der Waals surface area (Å²) in [5.74, 6) is -0.114. The Morgan fingerprint density at radius 3 is 2.59 bits per heavy atom. The van der Waals surface area contributed by atoms with Crippen LogP contribution in [0.3, 0.4) is 0 Å². The maximum Gasteiger partial charge on any atom is 0.265 e. The van der Waals surface area contributed by atoms with Crippen LogP contribution in [-0.2, 0) is 14.8 Å². The van der Waals surface area contributed by atoms with Crippen molar-refractivity contribution in [3.63, 3.8) is 0 Å². The molecule has 1 saturated heterocycles. The summed E-state index contributed by atoms with van der Waals surface area (Å²) >= 11 is 0. The fraction of sp³-hybridized carbons (Fsp3) is 0.450. The molecule has 0 radical (unpaired) electrons. The van der Waals surface area contributed by atoms with Gasteiger partial charge >= 0.3 is 0 Å². The molecule has 2 heterocycles. The van der Waals surface area contributed by atoms with E-state index in [1.54, 1.807) is 18.2 Å². The van der Waals surface area contributed by atoms with Gasteiger partial charge in [-0.1, -0.05) is 31.2 Å². The number of amides is 1. The highest BCUT2D eigenvalue weighted by Gasteiger charge is 2.38. The van der Waals surface area contributed by atoms with Gasteiger partial charge in [-0.2, -0.15) is 0 Å². The Morgan fingerprint density at radius 2 is 1.89 bits per heavy atom. The topological polar surface area (TPSA) is 69.7 Å². The normalized spacial score (nSPS) is 18.8. The summed E-state index contributed by atoms with van der Waals surface area (Å²) in [5, 5.41) is 4.92. The van der Waals surface area contributed by atoms with Crippen molar-refractivity contribution in [2.75, 3.05) is 30.5 Å². The highest BCUT2D eigenvalue weighted by molar-refractivity contribution is 7.93. The molecular weight excluding hydrogens is 362 g/mol. The van der Waals surface area contributed by atoms with Crippen LogP contribution in [0.2, 0.25) is 0 Å². The van der Waals surface area contributed by atoms with Gasteiger partial charge in [0.2, 0.25) is 5.91 Å². The molecular formula is C20H25N3O3S. The van der Waals surface area contributed by atoms with E-state index in [1.165, 1.54) is 4.31 Å². The van der Waals surface area contributed by atoms with E-state index < -0.39 is 10.0 Å². The minimum atomic E-state index is -3.70. The van der Waals surface area contributed by atoms with Gasteiger partial charge in [-0.3, -0.25) is 9.10 Å². The lowest BCUT2D eigenvalue weighted by atomic mass is 10.0. The largest absolute Gasteiger partial charge is 0.338 e. The Kier molecular flexibility index (Phi) is 4.82. The molecule has 7 heteroatoms. The van der Waals surface area contributed by atoms with E-state index in [1.807, 2.05) is 30.0 Å². The van der Waals surface area contributed by atoms with Gasteiger partial charge < -0.3 is 10.2 Å². The van der Waals surface area contributed by atoms with Crippen molar-refractivity contribution in [3.8, 4) is 0 Å². The van der Waals surface area contributed by atoms with Gasteiger partial charge in [0.05, 0.1) is 10.6 Å². The van der Waals surface area contributed by atoms with Crippen LogP contribution in [0, 0.1) is 0 Å². The predicted molar refractivity (Wildman–Crippen MR) is 106 cm³/mol. The number of carbonyl (C=O) groups excluding carboxylic acids is 1. The minimum absolute atomic E-state index is 0.114. The molecule has 1 amide bonds. The monoisotopic (exact) mass is 387 g/mol. The number of benzene rings is 2. The van der Waals surface area contributed by atoms with E-state index in [9.17, 15) is 13.2 Å². The number of hydrogen-bond acceptors (Lipinski definition) is 4. The predicted octanol–water partition coefficient (Wildman–Crippen LogP) is 2.34. The van der Waals surface area contributed by atoms with Crippen LogP contribution in [0.15, 0.2) is 41.3 Å². The maximum atomic E-state index is 13.1. The summed E-state index contributed by atoms with van der Waals surface area (Å²) < 4.78 is 27.5.